The molecule has 6 heteroatoms. The number of methoxy groups -OCH3 is 1. The summed E-state index contributed by atoms with van der Waals surface area (Å²) in [7, 11) is 1.39. The molecule has 0 fully saturated rings. The first-order valence-electron chi connectivity index (χ1n) is 12.3. The lowest BCUT2D eigenvalue weighted by atomic mass is 9.72. The molecule has 0 saturated heterocycles. The summed E-state index contributed by atoms with van der Waals surface area (Å²) in [4.78, 5) is 32.5. The van der Waals surface area contributed by atoms with E-state index in [1.54, 1.807) is 0 Å². The van der Waals surface area contributed by atoms with Crippen molar-refractivity contribution in [3.8, 4) is 11.3 Å². The van der Waals surface area contributed by atoms with Crippen LogP contribution in [0.3, 0.4) is 0 Å². The van der Waals surface area contributed by atoms with Gasteiger partial charge in [0.05, 0.1) is 29.4 Å². The molecule has 2 aromatic heterocycles. The Kier molecular flexibility index (Phi) is 6.39. The minimum atomic E-state index is -0.401. The topological polar surface area (TPSA) is 68.3 Å². The normalized spacial score (nSPS) is 15.4. The van der Waals surface area contributed by atoms with Gasteiger partial charge in [-0.2, -0.15) is 0 Å². The predicted octanol–water partition coefficient (Wildman–Crippen LogP) is 7.15. The van der Waals surface area contributed by atoms with Gasteiger partial charge >= 0.3 is 5.97 Å². The van der Waals surface area contributed by atoms with Crippen molar-refractivity contribution >= 4 is 39.1 Å². The third-order valence-electron chi connectivity index (χ3n) is 7.14. The summed E-state index contributed by atoms with van der Waals surface area (Å²) < 4.78 is 5.14. The molecule has 184 valence electrons. The molecule has 1 aliphatic rings. The Labute approximate surface area is 215 Å². The van der Waals surface area contributed by atoms with Crippen molar-refractivity contribution < 1.29 is 14.3 Å². The van der Waals surface area contributed by atoms with E-state index in [4.69, 9.17) is 9.72 Å². The number of para-hydroxylation sites is 1. The maximum Gasteiger partial charge on any atom is 0.341 e. The van der Waals surface area contributed by atoms with Crippen molar-refractivity contribution in [3.63, 3.8) is 0 Å². The summed E-state index contributed by atoms with van der Waals surface area (Å²) in [5.74, 6) is -0.140. The molecule has 5 rings (SSSR count). The number of rotatable bonds is 4. The summed E-state index contributed by atoms with van der Waals surface area (Å²) in [5.41, 5.74) is 4.63. The third-order valence-corrected chi connectivity index (χ3v) is 8.31. The van der Waals surface area contributed by atoms with Crippen LogP contribution in [0.2, 0.25) is 0 Å². The minimum Gasteiger partial charge on any atom is -0.465 e. The molecule has 5 nitrogen and oxygen atoms in total. The van der Waals surface area contributed by atoms with Crippen LogP contribution in [0, 0.1) is 11.3 Å². The van der Waals surface area contributed by atoms with Crippen LogP contribution in [0.15, 0.2) is 60.7 Å². The number of carbonyl (C=O) groups excluding carboxylic acids is 2. The first-order chi connectivity index (χ1) is 17.3. The summed E-state index contributed by atoms with van der Waals surface area (Å²) in [6.07, 6.45) is 2.73. The van der Waals surface area contributed by atoms with Crippen molar-refractivity contribution in [2.45, 2.75) is 40.0 Å². The molecule has 0 aliphatic heterocycles. The first-order valence-corrected chi connectivity index (χ1v) is 13.1. The molecule has 0 radical (unpaired) electrons. The molecule has 0 unspecified atom stereocenters. The number of fused-ring (bicyclic) bond motifs is 2. The zero-order valence-electron chi connectivity index (χ0n) is 21.1. The third kappa shape index (κ3) is 4.53. The summed E-state index contributed by atoms with van der Waals surface area (Å²) in [6.45, 7) is 6.79. The van der Waals surface area contributed by atoms with E-state index in [1.165, 1.54) is 23.3 Å². The molecule has 2 aromatic carbocycles. The zero-order chi connectivity index (χ0) is 25.4. The molecule has 36 heavy (non-hydrogen) atoms. The molecule has 0 saturated carbocycles. The molecule has 0 spiro atoms. The second kappa shape index (κ2) is 9.51. The number of anilines is 1. The fourth-order valence-electron chi connectivity index (χ4n) is 5.02. The van der Waals surface area contributed by atoms with E-state index in [0.29, 0.717) is 22.0 Å². The van der Waals surface area contributed by atoms with E-state index in [2.05, 4.69) is 26.1 Å². The zero-order valence-corrected chi connectivity index (χ0v) is 21.9. The van der Waals surface area contributed by atoms with Crippen molar-refractivity contribution in [1.82, 2.24) is 4.98 Å². The lowest BCUT2D eigenvalue weighted by Gasteiger charge is -2.33. The van der Waals surface area contributed by atoms with Crippen molar-refractivity contribution in [2.75, 3.05) is 12.4 Å². The number of carbonyl (C=O) groups is 2. The monoisotopic (exact) mass is 498 g/mol. The van der Waals surface area contributed by atoms with E-state index < -0.39 is 5.97 Å². The average Bonchev–Trinajstić information content (AvgIpc) is 3.24. The van der Waals surface area contributed by atoms with Crippen molar-refractivity contribution in [2.24, 2.45) is 11.3 Å². The number of nitrogens with zero attached hydrogens (tertiary/aromatic N) is 1. The van der Waals surface area contributed by atoms with Gasteiger partial charge in [-0.1, -0.05) is 69.3 Å². The van der Waals surface area contributed by atoms with Gasteiger partial charge in [0, 0.05) is 15.8 Å². The number of thiophene rings is 1. The second-order valence-corrected chi connectivity index (χ2v) is 11.5. The Hall–Kier alpha value is -3.51. The number of pyridine rings is 1. The van der Waals surface area contributed by atoms with E-state index in [0.717, 1.165) is 47.0 Å². The number of ether oxygens (including phenoxy) is 1. The first kappa shape index (κ1) is 24.2. The lowest BCUT2D eigenvalue weighted by Crippen LogP contribution is -2.26. The highest BCUT2D eigenvalue weighted by molar-refractivity contribution is 7.17. The summed E-state index contributed by atoms with van der Waals surface area (Å²) in [5, 5.41) is 4.41. The number of nitrogens with one attached hydrogen (secondary N) is 1. The Morgan fingerprint density at radius 2 is 1.78 bits per heavy atom. The molecule has 1 aliphatic carbocycles. The van der Waals surface area contributed by atoms with Gasteiger partial charge in [0.1, 0.15) is 5.00 Å². The SMILES string of the molecule is COC(=O)c1c(NC(=O)c2cc(-c3ccccc3)nc3ccccc23)sc2c1CC[C@H](C(C)(C)C)C2. The fraction of sp³-hybridized carbons (Fsp3) is 0.300. The predicted molar refractivity (Wildman–Crippen MR) is 146 cm³/mol. The molecular weight excluding hydrogens is 468 g/mol. The van der Waals surface area contributed by atoms with Gasteiger partial charge in [-0.3, -0.25) is 4.79 Å². The van der Waals surface area contributed by atoms with Gasteiger partial charge in [-0.05, 0) is 48.3 Å². The van der Waals surface area contributed by atoms with Crippen LogP contribution in [0.5, 0.6) is 0 Å². The van der Waals surface area contributed by atoms with E-state index in [-0.39, 0.29) is 11.3 Å². The van der Waals surface area contributed by atoms with Crippen LogP contribution in [0.1, 0.15) is 58.3 Å². The quantitative estimate of drug-likeness (QED) is 0.303. The Morgan fingerprint density at radius 3 is 2.50 bits per heavy atom. The van der Waals surface area contributed by atoms with Gasteiger partial charge in [0.15, 0.2) is 0 Å². The maximum absolute atomic E-state index is 13.7. The van der Waals surface area contributed by atoms with Crippen molar-refractivity contribution in [3.05, 3.63) is 82.2 Å². The molecular formula is C30H30N2O3S. The molecule has 4 aromatic rings. The fourth-order valence-corrected chi connectivity index (χ4v) is 6.33. The minimum absolute atomic E-state index is 0.181. The van der Waals surface area contributed by atoms with Gasteiger partial charge in [-0.15, -0.1) is 11.3 Å². The highest BCUT2D eigenvalue weighted by Gasteiger charge is 2.34. The van der Waals surface area contributed by atoms with Gasteiger partial charge in [0.2, 0.25) is 0 Å². The van der Waals surface area contributed by atoms with Gasteiger partial charge in [-0.25, -0.2) is 9.78 Å². The average molecular weight is 499 g/mol. The van der Waals surface area contributed by atoms with Crippen LogP contribution in [-0.2, 0) is 17.6 Å². The van der Waals surface area contributed by atoms with Crippen molar-refractivity contribution in [1.29, 1.82) is 0 Å². The van der Waals surface area contributed by atoms with Crippen LogP contribution < -0.4 is 5.32 Å². The van der Waals surface area contributed by atoms with Gasteiger partial charge in [0.25, 0.3) is 5.91 Å². The van der Waals surface area contributed by atoms with Gasteiger partial charge < -0.3 is 10.1 Å². The van der Waals surface area contributed by atoms with Crippen LogP contribution in [0.4, 0.5) is 5.00 Å². The Bertz CT molecular complexity index is 1450. The lowest BCUT2D eigenvalue weighted by molar-refractivity contribution is 0.0600. The van der Waals surface area contributed by atoms with Crippen LogP contribution in [-0.4, -0.2) is 24.0 Å². The highest BCUT2D eigenvalue weighted by atomic mass is 32.1. The number of amides is 1. The molecule has 0 bridgehead atoms. The number of benzene rings is 2. The molecule has 1 N–H and O–H groups in total. The van der Waals surface area contributed by atoms with E-state index in [1.807, 2.05) is 60.7 Å². The molecule has 1 atom stereocenters. The largest absolute Gasteiger partial charge is 0.465 e. The van der Waals surface area contributed by atoms with Crippen LogP contribution >= 0.6 is 11.3 Å². The smallest absolute Gasteiger partial charge is 0.341 e. The number of esters is 1. The van der Waals surface area contributed by atoms with E-state index >= 15 is 0 Å². The summed E-state index contributed by atoms with van der Waals surface area (Å²) in [6, 6.07) is 19.3. The summed E-state index contributed by atoms with van der Waals surface area (Å²) >= 11 is 1.51. The molecule has 1 amide bonds. The standard InChI is InChI=1S/C30H30N2O3S/c1-30(2,3)19-14-15-21-25(16-19)36-28(26(21)29(34)35-4)32-27(33)22-17-24(18-10-6-5-7-11-18)31-23-13-9-8-12-20(22)23/h5-13,17,19H,14-16H2,1-4H3,(H,32,33)/t19-/m0/s1. The second-order valence-electron chi connectivity index (χ2n) is 10.4. The Balaban J connectivity index is 1.56. The molecule has 2 heterocycles. The number of aromatic nitrogens is 1. The Morgan fingerprint density at radius 1 is 1.06 bits per heavy atom. The van der Waals surface area contributed by atoms with E-state index in [9.17, 15) is 9.59 Å². The maximum atomic E-state index is 13.7. The highest BCUT2D eigenvalue weighted by Crippen LogP contribution is 2.44. The van der Waals surface area contributed by atoms with Crippen LogP contribution in [0.25, 0.3) is 22.2 Å². The number of hydrogen-bond acceptors (Lipinski definition) is 5. The number of hydrogen-bond donors (Lipinski definition) is 1.